The molecule has 0 N–H and O–H groups in total. The molecule has 0 amide bonds. The molecule has 3 heteroatoms. The van der Waals surface area contributed by atoms with Crippen molar-refractivity contribution in [2.45, 2.75) is 139 Å². The van der Waals surface area contributed by atoms with Gasteiger partial charge >= 0.3 is 267 Å². The molecule has 238 valence electrons. The standard InChI is InChI=1S/C21H25.C15H26.C5H5.2ClH.Zr/c1-20(2,3)16-9-7-14-11-15-8-10-17(21(4,5)6)13-19(15)18(14)12-16;1-3-8-14(9-4-1)12-7-13-15-10-5-2-6-11-15;1-2-4-5-3-1;;;/h7-13H,1-6H3;14-15H,1-6,8-13H2;1-3H,4H2;2*1H;/q;;;;;+2/p-2. The SMILES string of the molecule is CC(C)(C)c1ccc2c(c1)-c1cc(C(C)(C)C)ccc1[CH]2[Zr+2]([C]1=CC=CC1)=[C](CC1CCCCC1)CC1CCCCC1.[Cl-].[Cl-]. The van der Waals surface area contributed by atoms with Crippen molar-refractivity contribution in [1.82, 2.24) is 0 Å². The number of benzene rings is 2. The van der Waals surface area contributed by atoms with Crippen LogP contribution in [0.2, 0.25) is 0 Å². The Morgan fingerprint density at radius 3 is 1.50 bits per heavy atom. The van der Waals surface area contributed by atoms with E-state index < -0.39 is 21.3 Å². The van der Waals surface area contributed by atoms with E-state index in [2.05, 4.69) is 99.4 Å². The summed E-state index contributed by atoms with van der Waals surface area (Å²) in [6.07, 6.45) is 26.3. The molecule has 0 aromatic heterocycles. The van der Waals surface area contributed by atoms with Crippen molar-refractivity contribution in [2.24, 2.45) is 11.8 Å². The van der Waals surface area contributed by atoms with Crippen molar-refractivity contribution in [3.05, 3.63) is 80.2 Å². The predicted molar refractivity (Wildman–Crippen MR) is 180 cm³/mol. The van der Waals surface area contributed by atoms with Crippen LogP contribution in [0, 0.1) is 11.8 Å². The Labute approximate surface area is 289 Å². The molecule has 0 unspecified atom stereocenters. The maximum Gasteiger partial charge on any atom is -1.00 e. The van der Waals surface area contributed by atoms with Crippen LogP contribution in [0.5, 0.6) is 0 Å². The molecule has 0 nitrogen and oxygen atoms in total. The number of fused-ring (bicyclic) bond motifs is 3. The van der Waals surface area contributed by atoms with Gasteiger partial charge in [-0.1, -0.05) is 0 Å². The fraction of sp³-hybridized carbons (Fsp3) is 0.585. The van der Waals surface area contributed by atoms with Gasteiger partial charge in [-0.2, -0.15) is 0 Å². The van der Waals surface area contributed by atoms with Crippen molar-refractivity contribution < 1.29 is 46.1 Å². The Kier molecular flexibility index (Phi) is 12.3. The van der Waals surface area contributed by atoms with Gasteiger partial charge < -0.3 is 24.8 Å². The third-order valence-corrected chi connectivity index (χ3v) is 19.5. The summed E-state index contributed by atoms with van der Waals surface area (Å²) in [6, 6.07) is 15.4. The van der Waals surface area contributed by atoms with Crippen LogP contribution in [-0.2, 0) is 32.1 Å². The summed E-state index contributed by atoms with van der Waals surface area (Å²) in [6.45, 7) is 14.3. The molecule has 2 fully saturated rings. The van der Waals surface area contributed by atoms with Gasteiger partial charge in [-0.25, -0.2) is 0 Å². The minimum absolute atomic E-state index is 0. The van der Waals surface area contributed by atoms with E-state index in [0.717, 1.165) is 11.8 Å². The van der Waals surface area contributed by atoms with Crippen molar-refractivity contribution in [3.8, 4) is 11.1 Å². The zero-order valence-corrected chi connectivity index (χ0v) is 32.3. The van der Waals surface area contributed by atoms with Crippen molar-refractivity contribution in [3.63, 3.8) is 0 Å². The number of halogens is 2. The molecule has 0 bridgehead atoms. The summed E-state index contributed by atoms with van der Waals surface area (Å²) < 4.78 is 4.62. The number of hydrogen-bond donors (Lipinski definition) is 0. The fourth-order valence-electron chi connectivity index (χ4n) is 8.54. The van der Waals surface area contributed by atoms with Crippen LogP contribution in [-0.4, -0.2) is 3.21 Å². The van der Waals surface area contributed by atoms with Crippen LogP contribution in [0.3, 0.4) is 0 Å². The van der Waals surface area contributed by atoms with Crippen molar-refractivity contribution in [1.29, 1.82) is 0 Å². The smallest absolute Gasteiger partial charge is 1.00 e. The van der Waals surface area contributed by atoms with Gasteiger partial charge in [0.15, 0.2) is 0 Å². The van der Waals surface area contributed by atoms with E-state index in [4.69, 9.17) is 0 Å². The van der Waals surface area contributed by atoms with Crippen molar-refractivity contribution in [2.75, 3.05) is 0 Å². The van der Waals surface area contributed by atoms with Gasteiger partial charge in [0.05, 0.1) is 0 Å². The molecular formula is C41H56Cl2Zr. The first-order valence-electron chi connectivity index (χ1n) is 17.5. The second-order valence-corrected chi connectivity index (χ2v) is 23.1. The topological polar surface area (TPSA) is 0 Å². The average molecular weight is 711 g/mol. The van der Waals surface area contributed by atoms with Gasteiger partial charge in [0.25, 0.3) is 0 Å². The van der Waals surface area contributed by atoms with Crippen LogP contribution in [0.15, 0.2) is 57.9 Å². The first-order valence-corrected chi connectivity index (χ1v) is 21.3. The number of hydrogen-bond acceptors (Lipinski definition) is 0. The average Bonchev–Trinajstić information content (AvgIpc) is 3.60. The molecule has 4 aliphatic carbocycles. The molecule has 0 spiro atoms. The maximum absolute atomic E-state index is 2.60. The normalized spacial score (nSPS) is 18.9. The van der Waals surface area contributed by atoms with E-state index in [1.54, 1.807) is 22.3 Å². The van der Waals surface area contributed by atoms with E-state index in [9.17, 15) is 0 Å². The minimum Gasteiger partial charge on any atom is -1.00 e. The Balaban J connectivity index is 0.00000221. The summed E-state index contributed by atoms with van der Waals surface area (Å²) in [7, 11) is 0. The van der Waals surface area contributed by atoms with Crippen LogP contribution in [0.1, 0.15) is 151 Å². The molecule has 0 heterocycles. The third kappa shape index (κ3) is 7.85. The summed E-state index contributed by atoms with van der Waals surface area (Å²) in [4.78, 5) is 0. The molecule has 2 saturated carbocycles. The van der Waals surface area contributed by atoms with E-state index >= 15 is 0 Å². The van der Waals surface area contributed by atoms with E-state index in [1.807, 2.05) is 3.28 Å². The van der Waals surface area contributed by atoms with E-state index in [1.165, 1.54) is 94.6 Å². The Morgan fingerprint density at radius 1 is 0.659 bits per heavy atom. The Morgan fingerprint density at radius 2 is 1.11 bits per heavy atom. The Bertz CT molecular complexity index is 1300. The molecule has 44 heavy (non-hydrogen) atoms. The monoisotopic (exact) mass is 708 g/mol. The first kappa shape index (κ1) is 36.1. The van der Waals surface area contributed by atoms with E-state index in [0.29, 0.717) is 3.63 Å². The zero-order chi connectivity index (χ0) is 29.5. The molecule has 6 rings (SSSR count). The summed E-state index contributed by atoms with van der Waals surface area (Å²) in [5.74, 6) is 1.88. The fourth-order valence-corrected chi connectivity index (χ4v) is 18.3. The first-order chi connectivity index (χ1) is 20.1. The quantitative estimate of drug-likeness (QED) is 0.349. The van der Waals surface area contributed by atoms with E-state index in [-0.39, 0.29) is 35.6 Å². The van der Waals surface area contributed by atoms with Gasteiger partial charge in [-0.05, 0) is 0 Å². The molecule has 4 aliphatic rings. The van der Waals surface area contributed by atoms with Crippen LogP contribution >= 0.6 is 0 Å². The zero-order valence-electron chi connectivity index (χ0n) is 28.4. The molecule has 0 radical (unpaired) electrons. The molecule has 2 aromatic carbocycles. The third-order valence-electron chi connectivity index (χ3n) is 11.1. The maximum atomic E-state index is 2.60. The minimum atomic E-state index is -2.30. The van der Waals surface area contributed by atoms with Crippen molar-refractivity contribution >= 4 is 3.21 Å². The summed E-state index contributed by atoms with van der Waals surface area (Å²) >= 11 is -2.30. The van der Waals surface area contributed by atoms with Gasteiger partial charge in [0, 0.05) is 0 Å². The Hall–Kier alpha value is -0.747. The van der Waals surface area contributed by atoms with Gasteiger partial charge in [0.2, 0.25) is 0 Å². The predicted octanol–water partition coefficient (Wildman–Crippen LogP) is 5.93. The van der Waals surface area contributed by atoms with Crippen LogP contribution in [0.4, 0.5) is 0 Å². The molecule has 0 aliphatic heterocycles. The second kappa shape index (κ2) is 15.0. The molecular weight excluding hydrogens is 655 g/mol. The molecule has 0 atom stereocenters. The molecule has 0 saturated heterocycles. The van der Waals surface area contributed by atoms with Crippen LogP contribution < -0.4 is 24.8 Å². The van der Waals surface area contributed by atoms with Gasteiger partial charge in [-0.3, -0.25) is 0 Å². The van der Waals surface area contributed by atoms with Gasteiger partial charge in [-0.15, -0.1) is 0 Å². The van der Waals surface area contributed by atoms with Gasteiger partial charge in [0.1, 0.15) is 0 Å². The van der Waals surface area contributed by atoms with Crippen LogP contribution in [0.25, 0.3) is 11.1 Å². The molecule has 2 aromatic rings. The largest absolute Gasteiger partial charge is 1.00 e. The number of rotatable bonds is 6. The summed E-state index contributed by atoms with van der Waals surface area (Å²) in [5, 5.41) is 0. The second-order valence-electron chi connectivity index (χ2n) is 16.3. The number of allylic oxidation sites excluding steroid dienone is 4. The summed E-state index contributed by atoms with van der Waals surface area (Å²) in [5.41, 5.74) is 9.76.